The molecule has 0 bridgehead atoms. The van der Waals surface area contributed by atoms with Crippen molar-refractivity contribution < 1.29 is 5.11 Å². The van der Waals surface area contributed by atoms with Crippen LogP contribution in [0.25, 0.3) is 16.9 Å². The minimum Gasteiger partial charge on any atom is -0.387 e. The van der Waals surface area contributed by atoms with Gasteiger partial charge in [0.2, 0.25) is 0 Å². The molecule has 4 nitrogen and oxygen atoms in total. The summed E-state index contributed by atoms with van der Waals surface area (Å²) in [5.41, 5.74) is 3.14. The quantitative estimate of drug-likeness (QED) is 0.780. The average molecular weight is 274 g/mol. The number of nitrogens with zero attached hydrogens (tertiary/aromatic N) is 3. The minimum atomic E-state index is -0.626. The molecule has 0 saturated carbocycles. The molecule has 19 heavy (non-hydrogen) atoms. The maximum atomic E-state index is 10.0. The van der Waals surface area contributed by atoms with E-state index in [9.17, 15) is 5.11 Å². The summed E-state index contributed by atoms with van der Waals surface area (Å²) in [6, 6.07) is 7.29. The summed E-state index contributed by atoms with van der Waals surface area (Å²) in [5, 5.41) is 10.6. The smallest absolute Gasteiger partial charge is 0.139 e. The Labute approximate surface area is 115 Å². The van der Waals surface area contributed by atoms with E-state index in [0.29, 0.717) is 5.02 Å². The molecule has 1 N–H and O–H groups in total. The number of aliphatic hydroxyl groups is 1. The van der Waals surface area contributed by atoms with E-state index in [1.807, 2.05) is 22.7 Å². The predicted molar refractivity (Wildman–Crippen MR) is 74.1 cm³/mol. The van der Waals surface area contributed by atoms with Crippen molar-refractivity contribution in [3.05, 3.63) is 53.6 Å². The number of hydrogen-bond acceptors (Lipinski definition) is 3. The molecule has 3 rings (SSSR count). The van der Waals surface area contributed by atoms with E-state index in [-0.39, 0.29) is 0 Å². The van der Waals surface area contributed by atoms with Crippen LogP contribution in [0.1, 0.15) is 18.7 Å². The summed E-state index contributed by atoms with van der Waals surface area (Å²) in [4.78, 5) is 8.55. The van der Waals surface area contributed by atoms with Gasteiger partial charge in [0, 0.05) is 35.2 Å². The topological polar surface area (TPSA) is 50.4 Å². The molecule has 0 amide bonds. The molecule has 1 unspecified atom stereocenters. The second kappa shape index (κ2) is 4.64. The van der Waals surface area contributed by atoms with Crippen LogP contribution >= 0.6 is 11.6 Å². The van der Waals surface area contributed by atoms with Crippen molar-refractivity contribution in [3.8, 4) is 11.3 Å². The molecular weight excluding hydrogens is 262 g/mol. The van der Waals surface area contributed by atoms with Crippen LogP contribution in [0.4, 0.5) is 0 Å². The molecule has 0 aliphatic heterocycles. The van der Waals surface area contributed by atoms with Gasteiger partial charge in [-0.3, -0.25) is 4.98 Å². The fourth-order valence-electron chi connectivity index (χ4n) is 2.16. The molecule has 1 atom stereocenters. The van der Waals surface area contributed by atoms with Gasteiger partial charge in [-0.15, -0.1) is 0 Å². The molecule has 0 aromatic carbocycles. The number of hydrogen-bond donors (Lipinski definition) is 1. The zero-order chi connectivity index (χ0) is 13.4. The Balaban J connectivity index is 2.32. The monoisotopic (exact) mass is 273 g/mol. The van der Waals surface area contributed by atoms with Crippen molar-refractivity contribution in [2.75, 3.05) is 0 Å². The highest BCUT2D eigenvalue weighted by Gasteiger charge is 2.17. The maximum absolute atomic E-state index is 10.0. The van der Waals surface area contributed by atoms with Gasteiger partial charge in [0.15, 0.2) is 0 Å². The van der Waals surface area contributed by atoms with Gasteiger partial charge in [0.05, 0.1) is 17.5 Å². The predicted octanol–water partition coefficient (Wildman–Crippen LogP) is 3.10. The highest BCUT2D eigenvalue weighted by molar-refractivity contribution is 6.30. The zero-order valence-corrected chi connectivity index (χ0v) is 11.0. The Morgan fingerprint density at radius 1 is 1.26 bits per heavy atom. The number of pyridine rings is 2. The molecule has 0 spiro atoms. The molecule has 0 aliphatic carbocycles. The summed E-state index contributed by atoms with van der Waals surface area (Å²) >= 11 is 5.98. The van der Waals surface area contributed by atoms with Gasteiger partial charge in [-0.2, -0.15) is 0 Å². The standard InChI is InChI=1S/C14H12ClN3O/c1-9(19)14-13(10-2-5-16-6-3-10)17-12-8-11(15)4-7-18(12)14/h2-9,19H,1H3. The van der Waals surface area contributed by atoms with Gasteiger partial charge in [-0.25, -0.2) is 4.98 Å². The summed E-state index contributed by atoms with van der Waals surface area (Å²) in [7, 11) is 0. The average Bonchev–Trinajstić information content (AvgIpc) is 2.78. The fourth-order valence-corrected chi connectivity index (χ4v) is 2.31. The summed E-state index contributed by atoms with van der Waals surface area (Å²) < 4.78 is 1.85. The molecule has 0 radical (unpaired) electrons. The van der Waals surface area contributed by atoms with Gasteiger partial charge < -0.3 is 9.51 Å². The minimum absolute atomic E-state index is 0.621. The number of aliphatic hydroxyl groups excluding tert-OH is 1. The number of rotatable bonds is 2. The lowest BCUT2D eigenvalue weighted by molar-refractivity contribution is 0.194. The van der Waals surface area contributed by atoms with Gasteiger partial charge in [0.1, 0.15) is 5.65 Å². The summed E-state index contributed by atoms with van der Waals surface area (Å²) in [6.45, 7) is 1.72. The molecule has 3 aromatic rings. The van der Waals surface area contributed by atoms with Gasteiger partial charge in [0.25, 0.3) is 0 Å². The lowest BCUT2D eigenvalue weighted by Crippen LogP contribution is -1.99. The first kappa shape index (κ1) is 12.1. The fraction of sp³-hybridized carbons (Fsp3) is 0.143. The first-order valence-electron chi connectivity index (χ1n) is 5.93. The number of fused-ring (bicyclic) bond motifs is 1. The van der Waals surface area contributed by atoms with E-state index in [4.69, 9.17) is 11.6 Å². The summed E-state index contributed by atoms with van der Waals surface area (Å²) in [6.07, 6.45) is 4.60. The van der Waals surface area contributed by atoms with Crippen LogP contribution in [0.2, 0.25) is 5.02 Å². The zero-order valence-electron chi connectivity index (χ0n) is 10.3. The molecule has 5 heteroatoms. The van der Waals surface area contributed by atoms with E-state index >= 15 is 0 Å². The second-order valence-electron chi connectivity index (χ2n) is 4.33. The first-order chi connectivity index (χ1) is 9.16. The highest BCUT2D eigenvalue weighted by Crippen LogP contribution is 2.29. The Hall–Kier alpha value is -1.91. The third-order valence-corrected chi connectivity index (χ3v) is 3.21. The van der Waals surface area contributed by atoms with E-state index < -0.39 is 6.10 Å². The Morgan fingerprint density at radius 3 is 2.68 bits per heavy atom. The van der Waals surface area contributed by atoms with Crippen LogP contribution in [0.5, 0.6) is 0 Å². The van der Waals surface area contributed by atoms with E-state index in [0.717, 1.165) is 22.6 Å². The first-order valence-corrected chi connectivity index (χ1v) is 6.30. The van der Waals surface area contributed by atoms with Crippen LogP contribution in [0.3, 0.4) is 0 Å². The Morgan fingerprint density at radius 2 is 2.00 bits per heavy atom. The molecule has 3 heterocycles. The van der Waals surface area contributed by atoms with Crippen molar-refractivity contribution in [3.63, 3.8) is 0 Å². The lowest BCUT2D eigenvalue weighted by atomic mass is 10.1. The molecule has 0 saturated heterocycles. The van der Waals surface area contributed by atoms with Crippen molar-refractivity contribution >= 4 is 17.2 Å². The number of halogens is 1. The summed E-state index contributed by atoms with van der Waals surface area (Å²) in [5.74, 6) is 0. The molecular formula is C14H12ClN3O. The van der Waals surface area contributed by atoms with E-state index in [1.165, 1.54) is 0 Å². The van der Waals surface area contributed by atoms with Crippen LogP contribution in [-0.2, 0) is 0 Å². The normalized spacial score (nSPS) is 12.8. The van der Waals surface area contributed by atoms with Crippen molar-refractivity contribution in [1.82, 2.24) is 14.4 Å². The second-order valence-corrected chi connectivity index (χ2v) is 4.77. The lowest BCUT2D eigenvalue weighted by Gasteiger charge is -2.07. The van der Waals surface area contributed by atoms with Gasteiger partial charge in [-0.1, -0.05) is 11.6 Å². The van der Waals surface area contributed by atoms with E-state index in [1.54, 1.807) is 31.5 Å². The van der Waals surface area contributed by atoms with Gasteiger partial charge in [-0.05, 0) is 25.1 Å². The molecule has 3 aromatic heterocycles. The molecule has 96 valence electrons. The largest absolute Gasteiger partial charge is 0.387 e. The third kappa shape index (κ3) is 2.09. The third-order valence-electron chi connectivity index (χ3n) is 2.97. The number of aromatic nitrogens is 3. The Kier molecular flexibility index (Phi) is 2.97. The van der Waals surface area contributed by atoms with Crippen molar-refractivity contribution in [1.29, 1.82) is 0 Å². The number of imidazole rings is 1. The van der Waals surface area contributed by atoms with Crippen LogP contribution < -0.4 is 0 Å². The van der Waals surface area contributed by atoms with Crippen LogP contribution in [0.15, 0.2) is 42.9 Å². The van der Waals surface area contributed by atoms with Crippen LogP contribution in [0, 0.1) is 0 Å². The highest BCUT2D eigenvalue weighted by atomic mass is 35.5. The maximum Gasteiger partial charge on any atom is 0.139 e. The molecule has 0 aliphatic rings. The van der Waals surface area contributed by atoms with Gasteiger partial charge >= 0.3 is 0 Å². The Bertz CT molecular complexity index is 722. The molecule has 0 fully saturated rings. The van der Waals surface area contributed by atoms with Crippen LogP contribution in [-0.4, -0.2) is 19.5 Å². The SMILES string of the molecule is CC(O)c1c(-c2ccncc2)nc2cc(Cl)ccn12. The van der Waals surface area contributed by atoms with Crippen molar-refractivity contribution in [2.45, 2.75) is 13.0 Å². The van der Waals surface area contributed by atoms with E-state index in [2.05, 4.69) is 9.97 Å². The van der Waals surface area contributed by atoms with Crippen molar-refractivity contribution in [2.24, 2.45) is 0 Å².